The lowest BCUT2D eigenvalue weighted by Gasteiger charge is -2.11. The molecule has 0 aromatic heterocycles. The average Bonchev–Trinajstić information content (AvgIpc) is 3.42. The first-order chi connectivity index (χ1) is 13.1. The molecular formula is C19H32N4O4. The molecular weight excluding hydrogens is 348 g/mol. The number of aliphatic hydroxyl groups is 1. The third-order valence-corrected chi connectivity index (χ3v) is 2.92. The van der Waals surface area contributed by atoms with Crippen LogP contribution in [0.25, 0.3) is 0 Å². The summed E-state index contributed by atoms with van der Waals surface area (Å²) in [5.74, 6) is 0. The van der Waals surface area contributed by atoms with Crippen molar-refractivity contribution in [1.82, 2.24) is 4.90 Å². The van der Waals surface area contributed by atoms with Gasteiger partial charge in [0.1, 0.15) is 13.2 Å². The Kier molecular flexibility index (Phi) is 16.4. The second-order valence-corrected chi connectivity index (χ2v) is 5.53. The van der Waals surface area contributed by atoms with Gasteiger partial charge in [0.25, 0.3) is 0 Å². The normalized spacial score (nSPS) is 12.7. The molecule has 0 atom stereocenters. The number of aliphatic imine (C=N–C) groups is 2. The predicted octanol–water partition coefficient (Wildman–Crippen LogP) is 2.65. The van der Waals surface area contributed by atoms with Crippen LogP contribution in [0, 0.1) is 0 Å². The van der Waals surface area contributed by atoms with E-state index in [-0.39, 0.29) is 6.03 Å². The molecule has 8 heteroatoms. The highest BCUT2D eigenvalue weighted by Gasteiger charge is 2.01. The lowest BCUT2D eigenvalue weighted by Crippen LogP contribution is -2.27. The van der Waals surface area contributed by atoms with Gasteiger partial charge < -0.3 is 24.8 Å². The van der Waals surface area contributed by atoms with Gasteiger partial charge in [0.15, 0.2) is 12.8 Å². The van der Waals surface area contributed by atoms with E-state index in [0.29, 0.717) is 6.61 Å². The maximum absolute atomic E-state index is 11.1. The Hall–Kier alpha value is -2.61. The Morgan fingerprint density at radius 1 is 1.11 bits per heavy atom. The van der Waals surface area contributed by atoms with Gasteiger partial charge in [-0.1, -0.05) is 31.5 Å². The molecule has 0 spiro atoms. The molecule has 2 heterocycles. The topological polar surface area (TPSA) is 95.8 Å². The van der Waals surface area contributed by atoms with Gasteiger partial charge in [-0.15, -0.1) is 0 Å². The Bertz CT molecular complexity index is 492. The number of amides is 2. The molecule has 2 N–H and O–H groups in total. The van der Waals surface area contributed by atoms with Crippen LogP contribution in [0.1, 0.15) is 19.8 Å². The molecule has 2 amide bonds. The number of aliphatic hydroxyl groups excluding tert-OH is 1. The zero-order valence-electron chi connectivity index (χ0n) is 16.5. The fourth-order valence-corrected chi connectivity index (χ4v) is 1.44. The monoisotopic (exact) mass is 380 g/mol. The van der Waals surface area contributed by atoms with Crippen LogP contribution in [0.15, 0.2) is 40.3 Å². The number of hydrogen-bond donors (Lipinski definition) is 2. The summed E-state index contributed by atoms with van der Waals surface area (Å²) in [5.41, 5.74) is 0.816. The predicted molar refractivity (Wildman–Crippen MR) is 110 cm³/mol. The highest BCUT2D eigenvalue weighted by Crippen LogP contribution is 2.04. The van der Waals surface area contributed by atoms with Gasteiger partial charge in [0.2, 0.25) is 0 Å². The van der Waals surface area contributed by atoms with E-state index < -0.39 is 0 Å². The number of benzene rings is 1. The van der Waals surface area contributed by atoms with Crippen LogP contribution < -0.4 is 5.32 Å². The van der Waals surface area contributed by atoms with Crippen molar-refractivity contribution in [1.29, 1.82) is 0 Å². The standard InChI is InChI=1S/C9H12N2O.C4H10O.2C3H5NO/c1-11(2)9(12)10-8-6-4-3-5-7-8;1-2-3-4-5;2*1-2-5-3-4-1/h3-7H,1-2H3,(H,10,12);5H,2-4H2,1H3;2*3H,1-2H2. The molecule has 0 radical (unpaired) electrons. The molecule has 0 saturated carbocycles. The van der Waals surface area contributed by atoms with E-state index in [9.17, 15) is 4.79 Å². The number of nitrogens with one attached hydrogen (secondary N) is 1. The summed E-state index contributed by atoms with van der Waals surface area (Å²) in [6.07, 6.45) is 5.01. The van der Waals surface area contributed by atoms with Crippen LogP contribution in [-0.2, 0) is 9.47 Å². The highest BCUT2D eigenvalue weighted by molar-refractivity contribution is 5.88. The van der Waals surface area contributed by atoms with Crippen LogP contribution in [0.2, 0.25) is 0 Å². The van der Waals surface area contributed by atoms with Crippen molar-refractivity contribution in [2.45, 2.75) is 19.8 Å². The molecule has 1 aromatic carbocycles. The minimum atomic E-state index is -0.110. The number of ether oxygens (including phenoxy) is 2. The van der Waals surface area contributed by atoms with Crippen molar-refractivity contribution in [2.75, 3.05) is 52.3 Å². The summed E-state index contributed by atoms with van der Waals surface area (Å²) in [6, 6.07) is 9.26. The largest absolute Gasteiger partial charge is 0.482 e. The van der Waals surface area contributed by atoms with Gasteiger partial charge in [-0.2, -0.15) is 0 Å². The van der Waals surface area contributed by atoms with Gasteiger partial charge >= 0.3 is 6.03 Å². The van der Waals surface area contributed by atoms with E-state index >= 15 is 0 Å². The molecule has 27 heavy (non-hydrogen) atoms. The Morgan fingerprint density at radius 2 is 1.67 bits per heavy atom. The molecule has 1 aromatic rings. The summed E-state index contributed by atoms with van der Waals surface area (Å²) in [6.45, 7) is 5.65. The zero-order chi connectivity index (χ0) is 20.2. The summed E-state index contributed by atoms with van der Waals surface area (Å²) in [5, 5.41) is 10.8. The summed E-state index contributed by atoms with van der Waals surface area (Å²) >= 11 is 0. The van der Waals surface area contributed by atoms with Crippen molar-refractivity contribution < 1.29 is 19.4 Å². The van der Waals surface area contributed by atoms with Crippen LogP contribution in [0.4, 0.5) is 10.5 Å². The zero-order valence-corrected chi connectivity index (χ0v) is 16.5. The minimum Gasteiger partial charge on any atom is -0.482 e. The fraction of sp³-hybridized carbons (Fsp3) is 0.526. The second-order valence-electron chi connectivity index (χ2n) is 5.53. The maximum Gasteiger partial charge on any atom is 0.321 e. The van der Waals surface area contributed by atoms with Crippen molar-refractivity contribution in [3.05, 3.63) is 30.3 Å². The van der Waals surface area contributed by atoms with Crippen molar-refractivity contribution in [3.63, 3.8) is 0 Å². The maximum atomic E-state index is 11.1. The number of nitrogens with zero attached hydrogens (tertiary/aromatic N) is 3. The smallest absolute Gasteiger partial charge is 0.321 e. The van der Waals surface area contributed by atoms with E-state index in [1.807, 2.05) is 30.3 Å². The molecule has 0 fully saturated rings. The number of anilines is 1. The molecule has 0 saturated heterocycles. The van der Waals surface area contributed by atoms with Crippen LogP contribution in [-0.4, -0.2) is 75.8 Å². The SMILES string of the molecule is C1=NCCO1.C1=NCCO1.CCCCO.CN(C)C(=O)Nc1ccccc1. The Balaban J connectivity index is 0.000000373. The number of para-hydroxylation sites is 1. The number of hydrogen-bond acceptors (Lipinski definition) is 6. The van der Waals surface area contributed by atoms with E-state index in [2.05, 4.69) is 31.7 Å². The summed E-state index contributed by atoms with van der Waals surface area (Å²) in [4.78, 5) is 20.1. The van der Waals surface area contributed by atoms with Gasteiger partial charge in [0, 0.05) is 26.4 Å². The highest BCUT2D eigenvalue weighted by atomic mass is 16.5. The molecule has 8 nitrogen and oxygen atoms in total. The molecule has 0 bridgehead atoms. The first-order valence-electron chi connectivity index (χ1n) is 8.95. The van der Waals surface area contributed by atoms with Crippen molar-refractivity contribution in [2.24, 2.45) is 9.98 Å². The lowest BCUT2D eigenvalue weighted by atomic mass is 10.3. The van der Waals surface area contributed by atoms with E-state index in [1.165, 1.54) is 17.7 Å². The lowest BCUT2D eigenvalue weighted by molar-refractivity contribution is 0.230. The fourth-order valence-electron chi connectivity index (χ4n) is 1.44. The number of carbonyl (C=O) groups is 1. The third kappa shape index (κ3) is 16.6. The summed E-state index contributed by atoms with van der Waals surface area (Å²) < 4.78 is 9.31. The third-order valence-electron chi connectivity index (χ3n) is 2.92. The first-order valence-corrected chi connectivity index (χ1v) is 8.95. The quantitative estimate of drug-likeness (QED) is 0.843. The summed E-state index contributed by atoms with van der Waals surface area (Å²) in [7, 11) is 3.41. The Labute approximate surface area is 161 Å². The average molecular weight is 380 g/mol. The molecule has 152 valence electrons. The van der Waals surface area contributed by atoms with Crippen LogP contribution in [0.3, 0.4) is 0 Å². The van der Waals surface area contributed by atoms with Gasteiger partial charge in [-0.25, -0.2) is 4.79 Å². The molecule has 2 aliphatic rings. The van der Waals surface area contributed by atoms with Gasteiger partial charge in [0.05, 0.1) is 13.1 Å². The number of unbranched alkanes of at least 4 members (excludes halogenated alkanes) is 1. The first kappa shape index (κ1) is 24.4. The van der Waals surface area contributed by atoms with Gasteiger partial charge in [-0.05, 0) is 18.6 Å². The number of urea groups is 1. The second kappa shape index (κ2) is 18.2. The van der Waals surface area contributed by atoms with Crippen molar-refractivity contribution in [3.8, 4) is 0 Å². The molecule has 0 aliphatic carbocycles. The molecule has 0 unspecified atom stereocenters. The van der Waals surface area contributed by atoms with Crippen LogP contribution in [0.5, 0.6) is 0 Å². The number of rotatable bonds is 3. The van der Waals surface area contributed by atoms with Crippen LogP contribution >= 0.6 is 0 Å². The number of carbonyl (C=O) groups excluding carboxylic acids is 1. The minimum absolute atomic E-state index is 0.110. The van der Waals surface area contributed by atoms with Crippen molar-refractivity contribution >= 4 is 24.5 Å². The van der Waals surface area contributed by atoms with E-state index in [0.717, 1.165) is 44.8 Å². The molecule has 3 rings (SSSR count). The molecule has 2 aliphatic heterocycles. The van der Waals surface area contributed by atoms with E-state index in [1.54, 1.807) is 14.1 Å². The Morgan fingerprint density at radius 3 is 1.93 bits per heavy atom. The van der Waals surface area contributed by atoms with E-state index in [4.69, 9.17) is 5.11 Å². The van der Waals surface area contributed by atoms with Gasteiger partial charge in [-0.3, -0.25) is 9.98 Å².